The first-order valence-electron chi connectivity index (χ1n) is 5.22. The van der Waals surface area contributed by atoms with Gasteiger partial charge in [0, 0.05) is 36.0 Å². The Morgan fingerprint density at radius 2 is 2.50 bits per heavy atom. The number of rotatable bonds is 2. The van der Waals surface area contributed by atoms with E-state index in [9.17, 15) is 4.79 Å². The van der Waals surface area contributed by atoms with Crippen LogP contribution in [-0.2, 0) is 0 Å². The summed E-state index contributed by atoms with van der Waals surface area (Å²) in [6.07, 6.45) is 1.56. The molecule has 2 heterocycles. The van der Waals surface area contributed by atoms with E-state index in [1.807, 2.05) is 17.8 Å². The van der Waals surface area contributed by atoms with E-state index in [0.717, 1.165) is 23.7 Å². The maximum atomic E-state index is 10.8. The summed E-state index contributed by atoms with van der Waals surface area (Å²) in [7, 11) is 0. The van der Waals surface area contributed by atoms with Gasteiger partial charge in [-0.15, -0.1) is 0 Å². The summed E-state index contributed by atoms with van der Waals surface area (Å²) < 4.78 is 0. The second-order valence-corrected chi connectivity index (χ2v) is 4.97. The summed E-state index contributed by atoms with van der Waals surface area (Å²) in [6, 6.07) is 3.97. The minimum absolute atomic E-state index is 0.114. The van der Waals surface area contributed by atoms with Gasteiger partial charge in [-0.1, -0.05) is 0 Å². The zero-order valence-corrected chi connectivity index (χ0v) is 9.91. The molecule has 1 aliphatic rings. The van der Waals surface area contributed by atoms with Crippen LogP contribution in [0.5, 0.6) is 0 Å². The molecular weight excluding hydrogens is 224 g/mol. The standard InChI is InChI=1S/C11H14N2O2S/c1-8-7-16-5-4-13(8)9-2-3-12-10(6-9)11(14)15/h2-3,6,8H,4-5,7H2,1H3,(H,14,15). The van der Waals surface area contributed by atoms with E-state index in [2.05, 4.69) is 16.8 Å². The molecule has 0 spiro atoms. The van der Waals surface area contributed by atoms with Gasteiger partial charge in [0.25, 0.3) is 0 Å². The van der Waals surface area contributed by atoms with Crippen molar-refractivity contribution in [2.75, 3.05) is 23.0 Å². The van der Waals surface area contributed by atoms with E-state index >= 15 is 0 Å². The molecule has 0 saturated carbocycles. The molecule has 0 aliphatic carbocycles. The number of thioether (sulfide) groups is 1. The smallest absolute Gasteiger partial charge is 0.354 e. The number of carboxylic acids is 1. The van der Waals surface area contributed by atoms with Crippen LogP contribution in [0.15, 0.2) is 18.3 Å². The molecule has 0 amide bonds. The number of carboxylic acid groups (broad SMARTS) is 1. The number of hydrogen-bond acceptors (Lipinski definition) is 4. The predicted molar refractivity (Wildman–Crippen MR) is 65.3 cm³/mol. The van der Waals surface area contributed by atoms with Crippen LogP contribution in [0.25, 0.3) is 0 Å². The van der Waals surface area contributed by atoms with E-state index in [-0.39, 0.29) is 5.69 Å². The fraction of sp³-hybridized carbons (Fsp3) is 0.455. The van der Waals surface area contributed by atoms with Crippen molar-refractivity contribution in [3.8, 4) is 0 Å². The van der Waals surface area contributed by atoms with Gasteiger partial charge < -0.3 is 10.0 Å². The van der Waals surface area contributed by atoms with Crippen LogP contribution in [-0.4, -0.2) is 40.2 Å². The number of aromatic carboxylic acids is 1. The summed E-state index contributed by atoms with van der Waals surface area (Å²) in [5.74, 6) is 1.21. The summed E-state index contributed by atoms with van der Waals surface area (Å²) in [4.78, 5) is 16.9. The Bertz CT molecular complexity index is 397. The molecule has 0 radical (unpaired) electrons. The fourth-order valence-electron chi connectivity index (χ4n) is 1.83. The number of carbonyl (C=O) groups is 1. The Hall–Kier alpha value is -1.23. The number of pyridine rings is 1. The Morgan fingerprint density at radius 3 is 3.19 bits per heavy atom. The van der Waals surface area contributed by atoms with Gasteiger partial charge in [-0.2, -0.15) is 11.8 Å². The molecular formula is C11H14N2O2S. The highest BCUT2D eigenvalue weighted by Gasteiger charge is 2.19. The van der Waals surface area contributed by atoms with Crippen LogP contribution >= 0.6 is 11.8 Å². The first-order valence-corrected chi connectivity index (χ1v) is 6.37. The molecule has 4 nitrogen and oxygen atoms in total. The van der Waals surface area contributed by atoms with Crippen molar-refractivity contribution in [1.29, 1.82) is 0 Å². The highest BCUT2D eigenvalue weighted by atomic mass is 32.2. The lowest BCUT2D eigenvalue weighted by Gasteiger charge is -2.35. The normalized spacial score (nSPS) is 20.8. The van der Waals surface area contributed by atoms with Crippen molar-refractivity contribution in [2.45, 2.75) is 13.0 Å². The van der Waals surface area contributed by atoms with Crippen LogP contribution in [0.2, 0.25) is 0 Å². The molecule has 1 atom stereocenters. The first-order chi connectivity index (χ1) is 7.68. The topological polar surface area (TPSA) is 53.4 Å². The molecule has 2 rings (SSSR count). The predicted octanol–water partition coefficient (Wildman–Crippen LogP) is 1.72. The zero-order chi connectivity index (χ0) is 11.5. The van der Waals surface area contributed by atoms with E-state index in [1.165, 1.54) is 0 Å². The van der Waals surface area contributed by atoms with E-state index in [0.29, 0.717) is 6.04 Å². The van der Waals surface area contributed by atoms with Gasteiger partial charge in [-0.3, -0.25) is 0 Å². The molecule has 0 aromatic carbocycles. The van der Waals surface area contributed by atoms with Crippen LogP contribution in [0.4, 0.5) is 5.69 Å². The van der Waals surface area contributed by atoms with Gasteiger partial charge >= 0.3 is 5.97 Å². The van der Waals surface area contributed by atoms with Gasteiger partial charge in [0.05, 0.1) is 0 Å². The Morgan fingerprint density at radius 1 is 1.69 bits per heavy atom. The van der Waals surface area contributed by atoms with Crippen molar-refractivity contribution in [3.63, 3.8) is 0 Å². The summed E-state index contributed by atoms with van der Waals surface area (Å²) in [5, 5.41) is 8.89. The lowest BCUT2D eigenvalue weighted by Crippen LogP contribution is -2.40. The van der Waals surface area contributed by atoms with Crippen molar-refractivity contribution < 1.29 is 9.90 Å². The van der Waals surface area contributed by atoms with E-state index in [1.54, 1.807) is 12.3 Å². The Balaban J connectivity index is 2.25. The third-order valence-electron chi connectivity index (χ3n) is 2.66. The SMILES string of the molecule is CC1CSCCN1c1ccnc(C(=O)O)c1. The fourth-order valence-corrected chi connectivity index (χ4v) is 2.84. The van der Waals surface area contributed by atoms with Crippen molar-refractivity contribution in [2.24, 2.45) is 0 Å². The third kappa shape index (κ3) is 2.29. The average Bonchev–Trinajstić information content (AvgIpc) is 2.30. The number of hydrogen-bond donors (Lipinski definition) is 1. The van der Waals surface area contributed by atoms with Gasteiger partial charge in [0.2, 0.25) is 0 Å². The lowest BCUT2D eigenvalue weighted by molar-refractivity contribution is 0.0690. The lowest BCUT2D eigenvalue weighted by atomic mass is 10.2. The highest BCUT2D eigenvalue weighted by Crippen LogP contribution is 2.23. The van der Waals surface area contributed by atoms with Gasteiger partial charge in [-0.25, -0.2) is 9.78 Å². The van der Waals surface area contributed by atoms with E-state index in [4.69, 9.17) is 5.11 Å². The first kappa shape index (κ1) is 11.3. The summed E-state index contributed by atoms with van der Waals surface area (Å²) >= 11 is 1.94. The van der Waals surface area contributed by atoms with Crippen LogP contribution in [0, 0.1) is 0 Å². The monoisotopic (exact) mass is 238 g/mol. The minimum Gasteiger partial charge on any atom is -0.477 e. The largest absolute Gasteiger partial charge is 0.477 e. The van der Waals surface area contributed by atoms with Crippen molar-refractivity contribution >= 4 is 23.4 Å². The molecule has 5 heteroatoms. The van der Waals surface area contributed by atoms with Gasteiger partial charge in [0.15, 0.2) is 0 Å². The van der Waals surface area contributed by atoms with Crippen molar-refractivity contribution in [1.82, 2.24) is 4.98 Å². The maximum Gasteiger partial charge on any atom is 0.354 e. The highest BCUT2D eigenvalue weighted by molar-refractivity contribution is 7.99. The van der Waals surface area contributed by atoms with Crippen molar-refractivity contribution in [3.05, 3.63) is 24.0 Å². The Kier molecular flexibility index (Phi) is 3.33. The maximum absolute atomic E-state index is 10.8. The summed E-state index contributed by atoms with van der Waals surface area (Å²) in [5.41, 5.74) is 1.07. The quantitative estimate of drug-likeness (QED) is 0.850. The van der Waals surface area contributed by atoms with Crippen LogP contribution < -0.4 is 4.90 Å². The molecule has 1 N–H and O–H groups in total. The molecule has 1 unspecified atom stereocenters. The minimum atomic E-state index is -0.971. The molecule has 1 fully saturated rings. The third-order valence-corrected chi connectivity index (χ3v) is 3.85. The summed E-state index contributed by atoms with van der Waals surface area (Å²) in [6.45, 7) is 3.13. The molecule has 16 heavy (non-hydrogen) atoms. The second kappa shape index (κ2) is 4.74. The molecule has 0 bridgehead atoms. The molecule has 1 aliphatic heterocycles. The molecule has 1 saturated heterocycles. The van der Waals surface area contributed by atoms with Crippen LogP contribution in [0.1, 0.15) is 17.4 Å². The van der Waals surface area contributed by atoms with Gasteiger partial charge in [0.1, 0.15) is 5.69 Å². The molecule has 1 aromatic rings. The van der Waals surface area contributed by atoms with E-state index < -0.39 is 5.97 Å². The number of nitrogens with zero attached hydrogens (tertiary/aromatic N) is 2. The average molecular weight is 238 g/mol. The molecule has 1 aromatic heterocycles. The number of aromatic nitrogens is 1. The Labute approximate surface area is 98.7 Å². The zero-order valence-electron chi connectivity index (χ0n) is 9.09. The molecule has 86 valence electrons. The van der Waals surface area contributed by atoms with Crippen LogP contribution in [0.3, 0.4) is 0 Å². The second-order valence-electron chi connectivity index (χ2n) is 3.82. The number of anilines is 1. The van der Waals surface area contributed by atoms with Gasteiger partial charge in [-0.05, 0) is 19.1 Å².